The van der Waals surface area contributed by atoms with E-state index < -0.39 is 0 Å². The second-order valence-electron chi connectivity index (χ2n) is 2.35. The Labute approximate surface area is 78.2 Å². The Hall–Kier alpha value is -1.75. The molecule has 0 N–H and O–H groups in total. The van der Waals surface area contributed by atoms with Gasteiger partial charge in [0.1, 0.15) is 0 Å². The van der Waals surface area contributed by atoms with Crippen LogP contribution in [0.1, 0.15) is 12.5 Å². The monoisotopic (exact) mass is 173 g/mol. The molecule has 0 aliphatic rings. The Morgan fingerprint density at radius 3 is 2.85 bits per heavy atom. The van der Waals surface area contributed by atoms with Crippen LogP contribution >= 0.6 is 0 Å². The van der Waals surface area contributed by atoms with Crippen molar-refractivity contribution in [3.8, 4) is 11.8 Å². The molecule has 0 spiro atoms. The van der Waals surface area contributed by atoms with Crippen LogP contribution in [0.15, 0.2) is 35.5 Å². The van der Waals surface area contributed by atoms with Gasteiger partial charge in [-0.05, 0) is 12.5 Å². The van der Waals surface area contributed by atoms with Gasteiger partial charge < -0.3 is 4.84 Å². The van der Waals surface area contributed by atoms with Crippen molar-refractivity contribution in [3.63, 3.8) is 0 Å². The Kier molecular flexibility index (Phi) is 4.20. The number of hydrogen-bond acceptors (Lipinski definition) is 2. The van der Waals surface area contributed by atoms with Gasteiger partial charge in [-0.1, -0.05) is 41.4 Å². The van der Waals surface area contributed by atoms with Crippen LogP contribution in [0.5, 0.6) is 0 Å². The van der Waals surface area contributed by atoms with Crippen molar-refractivity contribution in [1.82, 2.24) is 0 Å². The Morgan fingerprint density at radius 2 is 2.15 bits per heavy atom. The van der Waals surface area contributed by atoms with Crippen LogP contribution in [0.3, 0.4) is 0 Å². The summed E-state index contributed by atoms with van der Waals surface area (Å²) in [5, 5.41) is 3.75. The minimum absolute atomic E-state index is 0.347. The van der Waals surface area contributed by atoms with Crippen LogP contribution in [-0.2, 0) is 4.84 Å². The van der Waals surface area contributed by atoms with E-state index in [9.17, 15) is 0 Å². The summed E-state index contributed by atoms with van der Waals surface area (Å²) >= 11 is 0. The van der Waals surface area contributed by atoms with Gasteiger partial charge >= 0.3 is 0 Å². The molecule has 0 aliphatic carbocycles. The van der Waals surface area contributed by atoms with E-state index in [0.29, 0.717) is 6.61 Å². The van der Waals surface area contributed by atoms with Gasteiger partial charge in [0, 0.05) is 0 Å². The molecule has 0 atom stereocenters. The standard InChI is InChI=1S/C11H11NO/c1-2-3-9-13-12-10-11-7-5-4-6-8-11/h4-8,10H,9H2,1H3/b12-10+. The van der Waals surface area contributed by atoms with Crippen LogP contribution in [0.4, 0.5) is 0 Å². The molecule has 0 saturated heterocycles. The third-order valence-corrected chi connectivity index (χ3v) is 1.39. The molecule has 0 aliphatic heterocycles. The van der Waals surface area contributed by atoms with Gasteiger partial charge in [0.15, 0.2) is 6.61 Å². The highest BCUT2D eigenvalue weighted by atomic mass is 16.6. The summed E-state index contributed by atoms with van der Waals surface area (Å²) in [6.45, 7) is 2.12. The molecule has 0 unspecified atom stereocenters. The number of nitrogens with zero attached hydrogens (tertiary/aromatic N) is 1. The maximum Gasteiger partial charge on any atom is 0.177 e. The summed E-state index contributed by atoms with van der Waals surface area (Å²) in [7, 11) is 0. The van der Waals surface area contributed by atoms with Crippen molar-refractivity contribution in [2.45, 2.75) is 6.92 Å². The highest BCUT2D eigenvalue weighted by Gasteiger charge is 1.82. The number of oxime groups is 1. The van der Waals surface area contributed by atoms with Gasteiger partial charge in [-0.3, -0.25) is 0 Å². The fourth-order valence-corrected chi connectivity index (χ4v) is 0.779. The van der Waals surface area contributed by atoms with Crippen LogP contribution in [0, 0.1) is 11.8 Å². The van der Waals surface area contributed by atoms with Crippen molar-refractivity contribution in [1.29, 1.82) is 0 Å². The molecule has 2 nitrogen and oxygen atoms in total. The van der Waals surface area contributed by atoms with Crippen LogP contribution < -0.4 is 0 Å². The average molecular weight is 173 g/mol. The molecule has 1 rings (SSSR count). The first kappa shape index (κ1) is 9.34. The van der Waals surface area contributed by atoms with Crippen molar-refractivity contribution in [3.05, 3.63) is 35.9 Å². The zero-order valence-corrected chi connectivity index (χ0v) is 7.53. The van der Waals surface area contributed by atoms with Crippen molar-refractivity contribution in [2.75, 3.05) is 6.61 Å². The minimum Gasteiger partial charge on any atom is -0.383 e. The van der Waals surface area contributed by atoms with Gasteiger partial charge in [0.25, 0.3) is 0 Å². The van der Waals surface area contributed by atoms with Crippen molar-refractivity contribution < 1.29 is 4.84 Å². The molecule has 0 bridgehead atoms. The number of benzene rings is 1. The fraction of sp³-hybridized carbons (Fsp3) is 0.182. The number of hydrogen-bond donors (Lipinski definition) is 0. The molecule has 0 fully saturated rings. The van der Waals surface area contributed by atoms with Crippen LogP contribution in [0.2, 0.25) is 0 Å². The van der Waals surface area contributed by atoms with Gasteiger partial charge in [0.2, 0.25) is 0 Å². The Balaban J connectivity index is 2.35. The molecule has 13 heavy (non-hydrogen) atoms. The second kappa shape index (κ2) is 5.84. The van der Waals surface area contributed by atoms with E-state index in [4.69, 9.17) is 4.84 Å². The summed E-state index contributed by atoms with van der Waals surface area (Å²) in [5.74, 6) is 5.47. The predicted molar refractivity (Wildman–Crippen MR) is 53.4 cm³/mol. The topological polar surface area (TPSA) is 21.6 Å². The zero-order chi connectivity index (χ0) is 9.36. The lowest BCUT2D eigenvalue weighted by molar-refractivity contribution is 0.181. The first-order valence-electron chi connectivity index (χ1n) is 4.03. The van der Waals surface area contributed by atoms with E-state index in [1.165, 1.54) is 0 Å². The predicted octanol–water partition coefficient (Wildman–Crippen LogP) is 2.06. The van der Waals surface area contributed by atoms with Gasteiger partial charge in [-0.15, -0.1) is 5.92 Å². The highest BCUT2D eigenvalue weighted by molar-refractivity contribution is 5.78. The highest BCUT2D eigenvalue weighted by Crippen LogP contribution is 1.93. The normalized spacial score (nSPS) is 9.31. The first-order valence-corrected chi connectivity index (χ1v) is 4.03. The summed E-state index contributed by atoms with van der Waals surface area (Å²) in [4.78, 5) is 4.87. The lowest BCUT2D eigenvalue weighted by Gasteiger charge is -1.91. The first-order chi connectivity index (χ1) is 6.43. The number of rotatable bonds is 3. The molecule has 0 saturated carbocycles. The van der Waals surface area contributed by atoms with Gasteiger partial charge in [-0.2, -0.15) is 0 Å². The van der Waals surface area contributed by atoms with Crippen LogP contribution in [0.25, 0.3) is 0 Å². The van der Waals surface area contributed by atoms with Gasteiger partial charge in [0.05, 0.1) is 6.21 Å². The molecular weight excluding hydrogens is 162 g/mol. The minimum atomic E-state index is 0.347. The van der Waals surface area contributed by atoms with Crippen molar-refractivity contribution in [2.24, 2.45) is 5.16 Å². The maximum atomic E-state index is 4.87. The smallest absolute Gasteiger partial charge is 0.177 e. The third kappa shape index (κ3) is 3.97. The largest absolute Gasteiger partial charge is 0.383 e. The second-order valence-corrected chi connectivity index (χ2v) is 2.35. The quantitative estimate of drug-likeness (QED) is 0.297. The molecule has 0 aromatic heterocycles. The fourth-order valence-electron chi connectivity index (χ4n) is 0.779. The lowest BCUT2D eigenvalue weighted by atomic mass is 10.2. The van der Waals surface area contributed by atoms with Crippen LogP contribution in [-0.4, -0.2) is 12.8 Å². The van der Waals surface area contributed by atoms with Crippen molar-refractivity contribution >= 4 is 6.21 Å². The van der Waals surface area contributed by atoms with E-state index in [0.717, 1.165) is 5.56 Å². The molecule has 1 aromatic carbocycles. The lowest BCUT2D eigenvalue weighted by Crippen LogP contribution is -1.84. The van der Waals surface area contributed by atoms with E-state index in [-0.39, 0.29) is 0 Å². The maximum absolute atomic E-state index is 4.87. The Bertz CT molecular complexity index is 319. The zero-order valence-electron chi connectivity index (χ0n) is 7.53. The molecule has 0 heterocycles. The average Bonchev–Trinajstić information content (AvgIpc) is 2.19. The summed E-state index contributed by atoms with van der Waals surface area (Å²) in [6, 6.07) is 9.78. The summed E-state index contributed by atoms with van der Waals surface area (Å²) in [6.07, 6.45) is 1.66. The molecule has 0 amide bonds. The van der Waals surface area contributed by atoms with E-state index >= 15 is 0 Å². The Morgan fingerprint density at radius 1 is 1.38 bits per heavy atom. The third-order valence-electron chi connectivity index (χ3n) is 1.39. The van der Waals surface area contributed by atoms with E-state index in [1.807, 2.05) is 30.3 Å². The summed E-state index contributed by atoms with van der Waals surface area (Å²) < 4.78 is 0. The molecular formula is C11H11NO. The molecule has 2 heteroatoms. The van der Waals surface area contributed by atoms with Gasteiger partial charge in [-0.25, -0.2) is 0 Å². The van der Waals surface area contributed by atoms with E-state index in [2.05, 4.69) is 17.0 Å². The molecule has 66 valence electrons. The summed E-state index contributed by atoms with van der Waals surface area (Å²) in [5.41, 5.74) is 1.02. The molecule has 0 radical (unpaired) electrons. The SMILES string of the molecule is CC#CCO/N=C/c1ccccc1. The van der Waals surface area contributed by atoms with E-state index in [1.54, 1.807) is 13.1 Å². The molecule has 1 aromatic rings.